The second-order valence-corrected chi connectivity index (χ2v) is 11.0. The van der Waals surface area contributed by atoms with E-state index >= 15 is 0 Å². The van der Waals surface area contributed by atoms with Crippen LogP contribution in [0.1, 0.15) is 30.5 Å². The average molecular weight is 599 g/mol. The molecule has 3 aromatic carbocycles. The molecule has 0 bridgehead atoms. The molecule has 1 aliphatic heterocycles. The van der Waals surface area contributed by atoms with Gasteiger partial charge >= 0.3 is 12.2 Å². The molecule has 3 atom stereocenters. The number of carbonyl (C=O) groups is 2. The number of halogens is 3. The van der Waals surface area contributed by atoms with Gasteiger partial charge in [0.15, 0.2) is 0 Å². The van der Waals surface area contributed by atoms with E-state index in [1.807, 2.05) is 37.1 Å². The van der Waals surface area contributed by atoms with Gasteiger partial charge < -0.3 is 25.4 Å². The summed E-state index contributed by atoms with van der Waals surface area (Å²) in [6.07, 6.45) is -4.78. The summed E-state index contributed by atoms with van der Waals surface area (Å²) in [5, 5.41) is 15.4. The number of urea groups is 1. The first kappa shape index (κ1) is 31.8. The normalized spacial score (nSPS) is 18.1. The van der Waals surface area contributed by atoms with E-state index < -0.39 is 29.9 Å². The first-order chi connectivity index (χ1) is 20.4. The first-order valence-electron chi connectivity index (χ1n) is 14.1. The number of likely N-dealkylation sites (N-methyl/N-ethyl adjacent to an activating group) is 1. The monoisotopic (exact) mass is 598 g/mol. The molecule has 1 heterocycles. The molecule has 4 rings (SSSR count). The van der Waals surface area contributed by atoms with E-state index in [2.05, 4.69) is 10.6 Å². The van der Waals surface area contributed by atoms with Crippen LogP contribution in [0.25, 0.3) is 0 Å². The molecule has 1 aliphatic rings. The van der Waals surface area contributed by atoms with Crippen LogP contribution < -0.4 is 15.4 Å². The Hall–Kier alpha value is -4.09. The van der Waals surface area contributed by atoms with E-state index in [0.717, 1.165) is 17.7 Å². The highest BCUT2D eigenvalue weighted by molar-refractivity contribution is 5.99. The number of alkyl halides is 3. The minimum atomic E-state index is -4.39. The smallest absolute Gasteiger partial charge is 0.416 e. The molecule has 0 saturated heterocycles. The number of nitrogens with zero attached hydrogens (tertiary/aromatic N) is 2. The molecule has 11 heteroatoms. The van der Waals surface area contributed by atoms with Crippen molar-refractivity contribution in [1.29, 1.82) is 0 Å². The lowest BCUT2D eigenvalue weighted by Crippen LogP contribution is -2.47. The van der Waals surface area contributed by atoms with Gasteiger partial charge in [0.2, 0.25) is 5.91 Å². The number of nitrogens with one attached hydrogen (secondary N) is 2. The molecule has 230 valence electrons. The van der Waals surface area contributed by atoms with Crippen LogP contribution in [0.5, 0.6) is 5.75 Å². The maximum absolute atomic E-state index is 13.4. The number of aliphatic hydroxyl groups excluding tert-OH is 1. The Kier molecular flexibility index (Phi) is 10.3. The number of hydrogen-bond acceptors (Lipinski definition) is 5. The highest BCUT2D eigenvalue weighted by atomic mass is 19.4. The van der Waals surface area contributed by atoms with Gasteiger partial charge in [0, 0.05) is 42.5 Å². The summed E-state index contributed by atoms with van der Waals surface area (Å²) in [5.41, 5.74) is 1.72. The summed E-state index contributed by atoms with van der Waals surface area (Å²) in [6, 6.07) is 18.4. The van der Waals surface area contributed by atoms with Gasteiger partial charge in [0.05, 0.1) is 24.6 Å². The molecule has 0 saturated carbocycles. The Labute approximate surface area is 249 Å². The fraction of sp³-hybridized carbons (Fsp3) is 0.375. The number of ether oxygens (including phenoxy) is 1. The number of hydrogen-bond donors (Lipinski definition) is 3. The zero-order chi connectivity index (χ0) is 31.1. The van der Waals surface area contributed by atoms with E-state index in [4.69, 9.17) is 4.74 Å². The van der Waals surface area contributed by atoms with Crippen molar-refractivity contribution in [2.45, 2.75) is 45.1 Å². The second kappa shape index (κ2) is 13.9. The summed E-state index contributed by atoms with van der Waals surface area (Å²) in [7, 11) is 1.86. The molecule has 3 N–H and O–H groups in total. The number of benzene rings is 3. The van der Waals surface area contributed by atoms with Gasteiger partial charge in [-0.25, -0.2) is 4.79 Å². The minimum absolute atomic E-state index is 0.0102. The number of rotatable bonds is 8. The van der Waals surface area contributed by atoms with E-state index in [1.54, 1.807) is 42.2 Å². The van der Waals surface area contributed by atoms with Gasteiger partial charge in [0.1, 0.15) is 11.9 Å². The van der Waals surface area contributed by atoms with Crippen molar-refractivity contribution >= 4 is 23.3 Å². The lowest BCUT2D eigenvalue weighted by atomic mass is 10.0. The third-order valence-corrected chi connectivity index (χ3v) is 7.43. The minimum Gasteiger partial charge on any atom is -0.488 e. The molecule has 0 radical (unpaired) electrons. The van der Waals surface area contributed by atoms with Crippen molar-refractivity contribution in [2.75, 3.05) is 37.4 Å². The molecule has 0 spiro atoms. The zero-order valence-electron chi connectivity index (χ0n) is 24.4. The third kappa shape index (κ3) is 8.71. The Bertz CT molecular complexity index is 1390. The molecule has 8 nitrogen and oxygen atoms in total. The maximum atomic E-state index is 13.4. The molecule has 3 aromatic rings. The van der Waals surface area contributed by atoms with Crippen molar-refractivity contribution in [1.82, 2.24) is 9.80 Å². The number of para-hydroxylation sites is 1. The topological polar surface area (TPSA) is 94.1 Å². The molecule has 0 aliphatic carbocycles. The number of fused-ring (bicyclic) bond motifs is 1. The predicted octanol–water partition coefficient (Wildman–Crippen LogP) is 5.63. The molecule has 0 unspecified atom stereocenters. The number of anilines is 2. The van der Waals surface area contributed by atoms with Gasteiger partial charge in [0.25, 0.3) is 0 Å². The SMILES string of the molecule is C[C@@H]1CN([C@@H](C)CO)C(=O)Cc2cc(NC(=O)Nc3ccccc3)ccc2O[C@H]1CN(C)Cc1ccc(C(F)(F)F)cc1. The van der Waals surface area contributed by atoms with Gasteiger partial charge in [-0.3, -0.25) is 9.69 Å². The van der Waals surface area contributed by atoms with Crippen molar-refractivity contribution in [3.8, 4) is 5.75 Å². The van der Waals surface area contributed by atoms with Crippen LogP contribution >= 0.6 is 0 Å². The van der Waals surface area contributed by atoms with Gasteiger partial charge in [-0.15, -0.1) is 0 Å². The zero-order valence-corrected chi connectivity index (χ0v) is 24.4. The van der Waals surface area contributed by atoms with Crippen LogP contribution in [0.15, 0.2) is 72.8 Å². The van der Waals surface area contributed by atoms with Crippen LogP contribution in [0.2, 0.25) is 0 Å². The molecular weight excluding hydrogens is 561 g/mol. The van der Waals surface area contributed by atoms with E-state index in [0.29, 0.717) is 42.3 Å². The van der Waals surface area contributed by atoms with Crippen LogP contribution in [-0.2, 0) is 23.9 Å². The molecular formula is C32H37F3N4O4. The van der Waals surface area contributed by atoms with Crippen LogP contribution in [0.3, 0.4) is 0 Å². The molecule has 43 heavy (non-hydrogen) atoms. The van der Waals surface area contributed by atoms with E-state index in [-0.39, 0.29) is 24.9 Å². The summed E-state index contributed by atoms with van der Waals surface area (Å²) < 4.78 is 45.5. The summed E-state index contributed by atoms with van der Waals surface area (Å²) in [6.45, 7) is 4.71. The third-order valence-electron chi connectivity index (χ3n) is 7.43. The Morgan fingerprint density at radius 2 is 1.74 bits per heavy atom. The van der Waals surface area contributed by atoms with Crippen molar-refractivity contribution < 1.29 is 32.6 Å². The van der Waals surface area contributed by atoms with Gasteiger partial charge in [-0.2, -0.15) is 13.2 Å². The summed E-state index contributed by atoms with van der Waals surface area (Å²) in [4.78, 5) is 29.6. The number of amides is 3. The first-order valence-corrected chi connectivity index (χ1v) is 14.1. The summed E-state index contributed by atoms with van der Waals surface area (Å²) in [5.74, 6) is 0.178. The molecule has 0 fully saturated rings. The highest BCUT2D eigenvalue weighted by Gasteiger charge is 2.32. The standard InChI is InChI=1S/C32H37F3N4O4/c1-21-17-39(22(2)20-40)30(41)16-24-15-27(37-31(42)36-26-7-5-4-6-8-26)13-14-28(24)43-29(21)19-38(3)18-23-9-11-25(12-10-23)32(33,34)35/h4-15,21-22,29,40H,16-20H2,1-3H3,(H2,36,37,42)/t21-,22+,29+/m1/s1. The van der Waals surface area contributed by atoms with Gasteiger partial charge in [-0.1, -0.05) is 37.3 Å². The lowest BCUT2D eigenvalue weighted by Gasteiger charge is -2.34. The fourth-order valence-electron chi connectivity index (χ4n) is 5.02. The highest BCUT2D eigenvalue weighted by Crippen LogP contribution is 2.31. The largest absolute Gasteiger partial charge is 0.488 e. The number of aliphatic hydroxyl groups is 1. The van der Waals surface area contributed by atoms with Crippen molar-refractivity contribution in [3.05, 3.63) is 89.5 Å². The van der Waals surface area contributed by atoms with E-state index in [9.17, 15) is 27.9 Å². The maximum Gasteiger partial charge on any atom is 0.416 e. The van der Waals surface area contributed by atoms with Crippen LogP contribution in [-0.4, -0.2) is 65.7 Å². The second-order valence-electron chi connectivity index (χ2n) is 11.0. The number of carbonyl (C=O) groups excluding carboxylic acids is 2. The van der Waals surface area contributed by atoms with Crippen molar-refractivity contribution in [2.24, 2.45) is 5.92 Å². The average Bonchev–Trinajstić information content (AvgIpc) is 3.00. The molecule has 0 aromatic heterocycles. The summed E-state index contributed by atoms with van der Waals surface area (Å²) >= 11 is 0. The lowest BCUT2D eigenvalue weighted by molar-refractivity contribution is -0.137. The molecule has 3 amide bonds. The van der Waals surface area contributed by atoms with Crippen molar-refractivity contribution in [3.63, 3.8) is 0 Å². The van der Waals surface area contributed by atoms with E-state index in [1.165, 1.54) is 12.1 Å². The Balaban J connectivity index is 1.54. The van der Waals surface area contributed by atoms with Crippen LogP contribution in [0.4, 0.5) is 29.3 Å². The Morgan fingerprint density at radius 3 is 2.40 bits per heavy atom. The fourth-order valence-corrected chi connectivity index (χ4v) is 5.02. The van der Waals surface area contributed by atoms with Gasteiger partial charge in [-0.05, 0) is 62.0 Å². The quantitative estimate of drug-likeness (QED) is 0.313. The predicted molar refractivity (Wildman–Crippen MR) is 159 cm³/mol. The van der Waals surface area contributed by atoms with Crippen LogP contribution in [0, 0.1) is 5.92 Å². The Morgan fingerprint density at radius 1 is 1.07 bits per heavy atom.